The number of rotatable bonds is 6. The molecule has 1 atom stereocenters. The molecule has 2 aromatic rings. The highest BCUT2D eigenvalue weighted by Crippen LogP contribution is 2.24. The molecule has 106 valence electrons. The topological polar surface area (TPSA) is 69.9 Å². The van der Waals surface area contributed by atoms with Crippen molar-refractivity contribution in [1.29, 1.82) is 0 Å². The lowest BCUT2D eigenvalue weighted by Gasteiger charge is -2.10. The van der Waals surface area contributed by atoms with E-state index in [0.717, 1.165) is 5.69 Å². The zero-order valence-electron chi connectivity index (χ0n) is 11.4. The first-order valence-electron chi connectivity index (χ1n) is 6.36. The van der Waals surface area contributed by atoms with Crippen LogP contribution < -0.4 is 0 Å². The summed E-state index contributed by atoms with van der Waals surface area (Å²) >= 11 is 1.45. The number of hydrogen-bond acceptors (Lipinski definition) is 6. The van der Waals surface area contributed by atoms with Crippen LogP contribution >= 0.6 is 11.8 Å². The van der Waals surface area contributed by atoms with Gasteiger partial charge < -0.3 is 4.74 Å². The van der Waals surface area contributed by atoms with Crippen molar-refractivity contribution in [2.75, 3.05) is 6.61 Å². The molecule has 0 N–H and O–H groups in total. The van der Waals surface area contributed by atoms with E-state index in [1.54, 1.807) is 11.6 Å². The maximum atomic E-state index is 11.4. The molecular formula is C13H16N4O2S. The van der Waals surface area contributed by atoms with Crippen molar-refractivity contribution in [2.45, 2.75) is 30.7 Å². The van der Waals surface area contributed by atoms with E-state index in [9.17, 15) is 4.79 Å². The van der Waals surface area contributed by atoms with E-state index >= 15 is 0 Å². The fourth-order valence-electron chi connectivity index (χ4n) is 1.66. The average molecular weight is 292 g/mol. The summed E-state index contributed by atoms with van der Waals surface area (Å²) in [5.41, 5.74) is 0.892. The summed E-state index contributed by atoms with van der Waals surface area (Å²) in [6.45, 7) is 4.15. The lowest BCUT2D eigenvalue weighted by Crippen LogP contribution is -2.11. The average Bonchev–Trinajstić information content (AvgIpc) is 2.87. The van der Waals surface area contributed by atoms with Crippen LogP contribution in [0, 0.1) is 0 Å². The highest BCUT2D eigenvalue weighted by atomic mass is 32.2. The lowest BCUT2D eigenvalue weighted by atomic mass is 10.3. The van der Waals surface area contributed by atoms with Gasteiger partial charge in [-0.1, -0.05) is 36.9 Å². The third kappa shape index (κ3) is 3.80. The Hall–Kier alpha value is -1.89. The molecule has 0 fully saturated rings. The summed E-state index contributed by atoms with van der Waals surface area (Å²) < 4.78 is 6.59. The molecule has 0 bridgehead atoms. The Balaban J connectivity index is 2.04. The number of esters is 1. The largest absolute Gasteiger partial charge is 0.466 e. The van der Waals surface area contributed by atoms with Crippen LogP contribution in [0.3, 0.4) is 0 Å². The molecule has 0 saturated heterocycles. The van der Waals surface area contributed by atoms with Crippen LogP contribution in [0.2, 0.25) is 0 Å². The fourth-order valence-corrected chi connectivity index (χ4v) is 2.56. The van der Waals surface area contributed by atoms with Gasteiger partial charge in [0.2, 0.25) is 5.16 Å². The van der Waals surface area contributed by atoms with Crippen LogP contribution in [0.15, 0.2) is 35.5 Å². The van der Waals surface area contributed by atoms with Gasteiger partial charge in [-0.2, -0.15) is 4.68 Å². The zero-order chi connectivity index (χ0) is 14.4. The molecule has 0 radical (unpaired) electrons. The van der Waals surface area contributed by atoms with Crippen molar-refractivity contribution in [3.05, 3.63) is 30.3 Å². The van der Waals surface area contributed by atoms with Crippen molar-refractivity contribution < 1.29 is 9.53 Å². The van der Waals surface area contributed by atoms with Crippen LogP contribution in [0.1, 0.15) is 20.3 Å². The monoisotopic (exact) mass is 292 g/mol. The standard InChI is InChI=1S/C13H16N4O2S/c1-3-19-12(18)9-10(2)20-13-14-15-16-17(13)11-7-5-4-6-8-11/h4-8,10H,3,9H2,1-2H3. The predicted molar refractivity (Wildman–Crippen MR) is 75.7 cm³/mol. The SMILES string of the molecule is CCOC(=O)CC(C)Sc1nnnn1-c1ccccc1. The van der Waals surface area contributed by atoms with E-state index in [2.05, 4.69) is 15.5 Å². The number of carbonyl (C=O) groups excluding carboxylic acids is 1. The molecule has 0 aliphatic rings. The molecule has 0 aliphatic heterocycles. The van der Waals surface area contributed by atoms with E-state index in [-0.39, 0.29) is 11.2 Å². The van der Waals surface area contributed by atoms with Gasteiger partial charge in [-0.05, 0) is 29.5 Å². The van der Waals surface area contributed by atoms with Crippen molar-refractivity contribution in [1.82, 2.24) is 20.2 Å². The number of nitrogens with zero attached hydrogens (tertiary/aromatic N) is 4. The Bertz CT molecular complexity index is 559. The van der Waals surface area contributed by atoms with Crippen LogP contribution in [0.4, 0.5) is 0 Å². The first-order chi connectivity index (χ1) is 9.70. The van der Waals surface area contributed by atoms with Crippen molar-refractivity contribution in [3.63, 3.8) is 0 Å². The van der Waals surface area contributed by atoms with Crippen LogP contribution in [-0.4, -0.2) is 38.0 Å². The fraction of sp³-hybridized carbons (Fsp3) is 0.385. The summed E-state index contributed by atoms with van der Waals surface area (Å²) in [4.78, 5) is 11.4. The number of aromatic nitrogens is 4. The number of ether oxygens (including phenoxy) is 1. The molecule has 1 unspecified atom stereocenters. The Morgan fingerprint density at radius 1 is 1.40 bits per heavy atom. The maximum Gasteiger partial charge on any atom is 0.306 e. The summed E-state index contributed by atoms with van der Waals surface area (Å²) in [5, 5.41) is 12.4. The Kier molecular flexibility index (Phi) is 5.11. The number of thioether (sulfide) groups is 1. The molecule has 20 heavy (non-hydrogen) atoms. The summed E-state index contributed by atoms with van der Waals surface area (Å²) in [7, 11) is 0. The minimum absolute atomic E-state index is 0.0440. The molecule has 1 aromatic carbocycles. The van der Waals surface area contributed by atoms with E-state index in [1.165, 1.54) is 11.8 Å². The third-order valence-corrected chi connectivity index (χ3v) is 3.54. The minimum Gasteiger partial charge on any atom is -0.466 e. The second kappa shape index (κ2) is 7.04. The van der Waals surface area contributed by atoms with Gasteiger partial charge in [-0.3, -0.25) is 4.79 Å². The Labute approximate surface area is 121 Å². The second-order valence-electron chi connectivity index (χ2n) is 4.15. The van der Waals surface area contributed by atoms with Crippen LogP contribution in [0.25, 0.3) is 5.69 Å². The normalized spacial score (nSPS) is 12.1. The molecule has 0 aliphatic carbocycles. The van der Waals surface area contributed by atoms with Crippen LogP contribution in [-0.2, 0) is 9.53 Å². The van der Waals surface area contributed by atoms with Gasteiger partial charge in [0, 0.05) is 5.25 Å². The van der Waals surface area contributed by atoms with Gasteiger partial charge in [-0.15, -0.1) is 5.10 Å². The van der Waals surface area contributed by atoms with E-state index in [0.29, 0.717) is 18.2 Å². The molecule has 1 heterocycles. The highest BCUT2D eigenvalue weighted by Gasteiger charge is 2.16. The van der Waals surface area contributed by atoms with Gasteiger partial charge in [0.25, 0.3) is 0 Å². The van der Waals surface area contributed by atoms with Gasteiger partial charge in [0.05, 0.1) is 18.7 Å². The molecule has 2 rings (SSSR count). The second-order valence-corrected chi connectivity index (χ2v) is 5.55. The molecule has 7 heteroatoms. The van der Waals surface area contributed by atoms with E-state index in [4.69, 9.17) is 4.74 Å². The summed E-state index contributed by atoms with van der Waals surface area (Å²) in [5.74, 6) is -0.203. The van der Waals surface area contributed by atoms with Crippen molar-refractivity contribution >= 4 is 17.7 Å². The Morgan fingerprint density at radius 3 is 2.85 bits per heavy atom. The summed E-state index contributed by atoms with van der Waals surface area (Å²) in [6.07, 6.45) is 0.333. The highest BCUT2D eigenvalue weighted by molar-refractivity contribution is 7.99. The number of para-hydroxylation sites is 1. The molecule has 0 amide bonds. The van der Waals surface area contributed by atoms with E-state index in [1.807, 2.05) is 37.3 Å². The first-order valence-corrected chi connectivity index (χ1v) is 7.24. The molecule has 6 nitrogen and oxygen atoms in total. The zero-order valence-corrected chi connectivity index (χ0v) is 12.2. The number of benzene rings is 1. The van der Waals surface area contributed by atoms with Gasteiger partial charge in [-0.25, -0.2) is 0 Å². The molecule has 0 saturated carbocycles. The van der Waals surface area contributed by atoms with Gasteiger partial charge in [0.1, 0.15) is 0 Å². The number of carbonyl (C=O) groups is 1. The molecule has 1 aromatic heterocycles. The lowest BCUT2D eigenvalue weighted by molar-refractivity contribution is -0.142. The smallest absolute Gasteiger partial charge is 0.306 e. The van der Waals surface area contributed by atoms with Gasteiger partial charge in [0.15, 0.2) is 0 Å². The first kappa shape index (κ1) is 14.5. The third-order valence-electron chi connectivity index (χ3n) is 2.51. The predicted octanol–water partition coefficient (Wildman–Crippen LogP) is 2.10. The number of hydrogen-bond donors (Lipinski definition) is 0. The van der Waals surface area contributed by atoms with Crippen molar-refractivity contribution in [3.8, 4) is 5.69 Å². The number of tetrazole rings is 1. The van der Waals surface area contributed by atoms with Gasteiger partial charge >= 0.3 is 5.97 Å². The molecule has 0 spiro atoms. The quantitative estimate of drug-likeness (QED) is 0.600. The molecular weight excluding hydrogens is 276 g/mol. The van der Waals surface area contributed by atoms with Crippen molar-refractivity contribution in [2.24, 2.45) is 0 Å². The Morgan fingerprint density at radius 2 is 2.15 bits per heavy atom. The van der Waals surface area contributed by atoms with Crippen LogP contribution in [0.5, 0.6) is 0 Å². The van der Waals surface area contributed by atoms with E-state index < -0.39 is 0 Å². The summed E-state index contributed by atoms with van der Waals surface area (Å²) in [6, 6.07) is 9.64. The minimum atomic E-state index is -0.203. The maximum absolute atomic E-state index is 11.4.